The quantitative estimate of drug-likeness (QED) is 0.770. The first kappa shape index (κ1) is 13.1. The Balaban J connectivity index is 1.68. The van der Waals surface area contributed by atoms with Gasteiger partial charge in [-0.1, -0.05) is 5.21 Å². The van der Waals surface area contributed by atoms with E-state index >= 15 is 0 Å². The highest BCUT2D eigenvalue weighted by molar-refractivity contribution is 5.89. The van der Waals surface area contributed by atoms with Crippen molar-refractivity contribution in [1.82, 2.24) is 30.1 Å². The summed E-state index contributed by atoms with van der Waals surface area (Å²) in [6.07, 6.45) is 5.98. The predicted molar refractivity (Wildman–Crippen MR) is 69.6 cm³/mol. The molecule has 2 aromatic heterocycles. The molecule has 2 amide bonds. The van der Waals surface area contributed by atoms with Crippen LogP contribution in [0, 0.1) is 6.92 Å². The maximum Gasteiger partial charge on any atom is 0.319 e. The summed E-state index contributed by atoms with van der Waals surface area (Å²) in [6, 6.07) is -0.227. The van der Waals surface area contributed by atoms with Gasteiger partial charge in [0, 0.05) is 32.5 Å². The van der Waals surface area contributed by atoms with Crippen molar-refractivity contribution in [2.24, 2.45) is 7.05 Å². The van der Waals surface area contributed by atoms with Crippen molar-refractivity contribution in [1.29, 1.82) is 0 Å². The summed E-state index contributed by atoms with van der Waals surface area (Å²) >= 11 is 0. The predicted octanol–water partition coefficient (Wildman–Crippen LogP) is 0.532. The molecule has 102 valence electrons. The van der Waals surface area contributed by atoms with Gasteiger partial charge in [0.2, 0.25) is 0 Å². The normalized spacial score (nSPS) is 10.4. The molecule has 0 saturated heterocycles. The number of aryl methyl sites for hydroxylation is 3. The van der Waals surface area contributed by atoms with Gasteiger partial charge >= 0.3 is 6.03 Å². The Labute approximate surface area is 110 Å². The summed E-state index contributed by atoms with van der Waals surface area (Å²) in [4.78, 5) is 11.6. The average Bonchev–Trinajstić information content (AvgIpc) is 2.96. The number of nitrogens with zero attached hydrogens (tertiary/aromatic N) is 5. The Kier molecular flexibility index (Phi) is 4.11. The molecule has 2 aromatic rings. The first-order chi connectivity index (χ1) is 9.15. The van der Waals surface area contributed by atoms with Gasteiger partial charge in [0.25, 0.3) is 0 Å². The van der Waals surface area contributed by atoms with Crippen LogP contribution in [0.2, 0.25) is 0 Å². The van der Waals surface area contributed by atoms with Gasteiger partial charge in [-0.2, -0.15) is 5.10 Å². The molecule has 2 N–H and O–H groups in total. The molecule has 0 unspecified atom stereocenters. The highest BCUT2D eigenvalue weighted by atomic mass is 16.2. The minimum atomic E-state index is -0.227. The van der Waals surface area contributed by atoms with Crippen molar-refractivity contribution in [3.8, 4) is 0 Å². The standard InChI is InChI=1S/C11H17N7O/c1-9-10(8-17(2)15-9)14-11(19)12-4-3-6-18-7-5-13-16-18/h5,7-8H,3-4,6H2,1-2H3,(H2,12,14,19). The highest BCUT2D eigenvalue weighted by Gasteiger charge is 2.06. The first-order valence-corrected chi connectivity index (χ1v) is 6.04. The number of hydrogen-bond donors (Lipinski definition) is 2. The minimum Gasteiger partial charge on any atom is -0.338 e. The molecule has 0 aromatic carbocycles. The second-order valence-electron chi connectivity index (χ2n) is 4.20. The van der Waals surface area contributed by atoms with Gasteiger partial charge in [-0.15, -0.1) is 5.10 Å². The number of urea groups is 1. The largest absolute Gasteiger partial charge is 0.338 e. The Hall–Kier alpha value is -2.38. The van der Waals surface area contributed by atoms with Gasteiger partial charge in [0.05, 0.1) is 17.6 Å². The van der Waals surface area contributed by atoms with E-state index in [0.29, 0.717) is 6.54 Å². The van der Waals surface area contributed by atoms with E-state index in [4.69, 9.17) is 0 Å². The second kappa shape index (κ2) is 5.98. The molecule has 0 bridgehead atoms. The summed E-state index contributed by atoms with van der Waals surface area (Å²) in [5.41, 5.74) is 1.51. The van der Waals surface area contributed by atoms with Crippen LogP contribution in [0.25, 0.3) is 0 Å². The molecule has 0 spiro atoms. The maximum absolute atomic E-state index is 11.6. The third-order valence-corrected chi connectivity index (χ3v) is 2.58. The molecule has 2 rings (SSSR count). The van der Waals surface area contributed by atoms with Gasteiger partial charge in [-0.25, -0.2) is 4.79 Å². The van der Waals surface area contributed by atoms with E-state index in [0.717, 1.165) is 24.3 Å². The van der Waals surface area contributed by atoms with Gasteiger partial charge in [0.15, 0.2) is 0 Å². The molecular formula is C11H17N7O. The van der Waals surface area contributed by atoms with E-state index in [1.54, 1.807) is 28.0 Å². The Morgan fingerprint density at radius 1 is 1.47 bits per heavy atom. The molecular weight excluding hydrogens is 246 g/mol. The summed E-state index contributed by atoms with van der Waals surface area (Å²) in [5.74, 6) is 0. The van der Waals surface area contributed by atoms with E-state index < -0.39 is 0 Å². The molecule has 2 heterocycles. The van der Waals surface area contributed by atoms with Gasteiger partial charge < -0.3 is 10.6 Å². The first-order valence-electron chi connectivity index (χ1n) is 6.04. The van der Waals surface area contributed by atoms with Crippen LogP contribution >= 0.6 is 0 Å². The van der Waals surface area contributed by atoms with Crippen molar-refractivity contribution in [2.75, 3.05) is 11.9 Å². The van der Waals surface area contributed by atoms with Crippen molar-refractivity contribution in [3.63, 3.8) is 0 Å². The van der Waals surface area contributed by atoms with E-state index in [-0.39, 0.29) is 6.03 Å². The monoisotopic (exact) mass is 263 g/mol. The Bertz CT molecular complexity index is 531. The van der Waals surface area contributed by atoms with Crippen molar-refractivity contribution in [3.05, 3.63) is 24.3 Å². The number of hydrogen-bond acceptors (Lipinski definition) is 4. The zero-order valence-electron chi connectivity index (χ0n) is 11.0. The zero-order chi connectivity index (χ0) is 13.7. The third kappa shape index (κ3) is 3.80. The fourth-order valence-corrected chi connectivity index (χ4v) is 1.68. The number of rotatable bonds is 5. The minimum absolute atomic E-state index is 0.227. The maximum atomic E-state index is 11.6. The molecule has 0 aliphatic heterocycles. The van der Waals surface area contributed by atoms with Crippen molar-refractivity contribution >= 4 is 11.7 Å². The Morgan fingerprint density at radius 3 is 2.95 bits per heavy atom. The molecule has 8 nitrogen and oxygen atoms in total. The fourth-order valence-electron chi connectivity index (χ4n) is 1.68. The third-order valence-electron chi connectivity index (χ3n) is 2.58. The number of nitrogens with one attached hydrogen (secondary N) is 2. The molecule has 0 radical (unpaired) electrons. The number of aromatic nitrogens is 5. The molecule has 0 atom stereocenters. The number of carbonyl (C=O) groups excluding carboxylic acids is 1. The van der Waals surface area contributed by atoms with E-state index in [1.165, 1.54) is 0 Å². The van der Waals surface area contributed by atoms with Crippen LogP contribution in [-0.4, -0.2) is 37.4 Å². The van der Waals surface area contributed by atoms with Gasteiger partial charge in [0.1, 0.15) is 0 Å². The van der Waals surface area contributed by atoms with Crippen LogP contribution in [0.5, 0.6) is 0 Å². The van der Waals surface area contributed by atoms with Gasteiger partial charge in [-0.05, 0) is 13.3 Å². The fraction of sp³-hybridized carbons (Fsp3) is 0.455. The smallest absolute Gasteiger partial charge is 0.319 e. The summed E-state index contributed by atoms with van der Waals surface area (Å²) < 4.78 is 3.39. The van der Waals surface area contributed by atoms with Crippen LogP contribution in [0.3, 0.4) is 0 Å². The van der Waals surface area contributed by atoms with Crippen LogP contribution in [0.15, 0.2) is 18.6 Å². The molecule has 0 saturated carbocycles. The summed E-state index contributed by atoms with van der Waals surface area (Å²) in [5, 5.41) is 17.2. The van der Waals surface area contributed by atoms with Crippen molar-refractivity contribution < 1.29 is 4.79 Å². The molecule has 8 heteroatoms. The Morgan fingerprint density at radius 2 is 2.32 bits per heavy atom. The van der Waals surface area contributed by atoms with Gasteiger partial charge in [-0.3, -0.25) is 9.36 Å². The van der Waals surface area contributed by atoms with Crippen LogP contribution in [0.4, 0.5) is 10.5 Å². The zero-order valence-corrected chi connectivity index (χ0v) is 11.0. The van der Waals surface area contributed by atoms with Crippen LogP contribution in [-0.2, 0) is 13.6 Å². The molecule has 0 aliphatic rings. The topological polar surface area (TPSA) is 89.7 Å². The molecule has 0 aliphatic carbocycles. The summed E-state index contributed by atoms with van der Waals surface area (Å²) in [6.45, 7) is 3.15. The number of anilines is 1. The lowest BCUT2D eigenvalue weighted by Gasteiger charge is -2.06. The number of carbonyl (C=O) groups is 1. The second-order valence-corrected chi connectivity index (χ2v) is 4.20. The van der Waals surface area contributed by atoms with E-state index in [9.17, 15) is 4.79 Å². The van der Waals surface area contributed by atoms with E-state index in [1.807, 2.05) is 14.0 Å². The molecule has 0 fully saturated rings. The molecule has 19 heavy (non-hydrogen) atoms. The highest BCUT2D eigenvalue weighted by Crippen LogP contribution is 2.10. The van der Waals surface area contributed by atoms with Crippen LogP contribution < -0.4 is 10.6 Å². The lowest BCUT2D eigenvalue weighted by Crippen LogP contribution is -2.30. The summed E-state index contributed by atoms with van der Waals surface area (Å²) in [7, 11) is 1.81. The average molecular weight is 263 g/mol. The van der Waals surface area contributed by atoms with E-state index in [2.05, 4.69) is 26.0 Å². The lowest BCUT2D eigenvalue weighted by atomic mass is 10.4. The number of amides is 2. The van der Waals surface area contributed by atoms with Crippen LogP contribution in [0.1, 0.15) is 12.1 Å². The van der Waals surface area contributed by atoms with Crippen molar-refractivity contribution in [2.45, 2.75) is 19.9 Å². The lowest BCUT2D eigenvalue weighted by molar-refractivity contribution is 0.251. The SMILES string of the molecule is Cc1nn(C)cc1NC(=O)NCCCn1ccnn1.